The molecule has 4 aliphatic heterocycles. The van der Waals surface area contributed by atoms with E-state index in [0.29, 0.717) is 35.1 Å². The minimum absolute atomic E-state index is 0.0691. The number of carbonyl (C=O) groups is 5. The number of thiazole rings is 1. The van der Waals surface area contributed by atoms with Crippen LogP contribution in [0.5, 0.6) is 0 Å². The SMILES string of the molecule is CC(C)(O)c1cc2nc(N3CCC(CN4CCC(CCNc5cccc6c5C(=O)N(C5CCC(=O)NC5=O)C6=O)CC4)CC3)sc2cc1NC(=O)c1cccc(C(F)(F)F)n1. The van der Waals surface area contributed by atoms with Crippen LogP contribution in [-0.2, 0) is 21.4 Å². The summed E-state index contributed by atoms with van der Waals surface area (Å²) in [4.78, 5) is 78.0. The van der Waals surface area contributed by atoms with Crippen molar-refractivity contribution in [2.75, 3.05) is 54.8 Å². The van der Waals surface area contributed by atoms with Crippen molar-refractivity contribution in [2.45, 2.75) is 76.6 Å². The van der Waals surface area contributed by atoms with Crippen LogP contribution in [0, 0.1) is 11.8 Å². The molecule has 1 unspecified atom stereocenters. The number of likely N-dealkylation sites (tertiary alicyclic amines) is 1. The molecule has 2 aromatic heterocycles. The van der Waals surface area contributed by atoms with Crippen molar-refractivity contribution in [3.63, 3.8) is 0 Å². The van der Waals surface area contributed by atoms with Crippen molar-refractivity contribution in [1.82, 2.24) is 25.1 Å². The maximum absolute atomic E-state index is 13.4. The molecule has 4 aromatic rings. The fourth-order valence-corrected chi connectivity index (χ4v) is 9.85. The summed E-state index contributed by atoms with van der Waals surface area (Å²) in [6, 6.07) is 10.7. The third-order valence-electron chi connectivity index (χ3n) is 12.1. The largest absolute Gasteiger partial charge is 0.433 e. The van der Waals surface area contributed by atoms with Crippen LogP contribution in [-0.4, -0.2) is 99.7 Å². The van der Waals surface area contributed by atoms with Gasteiger partial charge in [0.05, 0.1) is 26.9 Å². The van der Waals surface area contributed by atoms with Gasteiger partial charge in [-0.2, -0.15) is 13.2 Å². The molecule has 3 fully saturated rings. The zero-order chi connectivity index (χ0) is 43.2. The predicted octanol–water partition coefficient (Wildman–Crippen LogP) is 6.02. The molecule has 0 spiro atoms. The van der Waals surface area contributed by atoms with Crippen molar-refractivity contribution in [1.29, 1.82) is 0 Å². The topological polar surface area (TPSA) is 177 Å². The van der Waals surface area contributed by atoms with Gasteiger partial charge in [-0.1, -0.05) is 23.5 Å². The van der Waals surface area contributed by atoms with Gasteiger partial charge in [-0.25, -0.2) is 9.97 Å². The molecule has 1 atom stereocenters. The van der Waals surface area contributed by atoms with Gasteiger partial charge in [-0.15, -0.1) is 0 Å². The number of piperidine rings is 3. The van der Waals surface area contributed by atoms with E-state index in [1.165, 1.54) is 17.4 Å². The summed E-state index contributed by atoms with van der Waals surface area (Å²) in [5.41, 5.74) is -0.540. The highest BCUT2D eigenvalue weighted by atomic mass is 32.1. The third-order valence-corrected chi connectivity index (χ3v) is 13.2. The number of alkyl halides is 3. The number of imide groups is 2. The number of fused-ring (bicyclic) bond motifs is 2. The van der Waals surface area contributed by atoms with Crippen molar-refractivity contribution < 1.29 is 42.3 Å². The lowest BCUT2D eigenvalue weighted by atomic mass is 9.91. The summed E-state index contributed by atoms with van der Waals surface area (Å²) in [5, 5.41) is 20.1. The number of hydrogen-bond donors (Lipinski definition) is 4. The number of amides is 5. The molecule has 14 nitrogen and oxygen atoms in total. The number of aromatic nitrogens is 2. The summed E-state index contributed by atoms with van der Waals surface area (Å²) in [5.74, 6) is -1.85. The molecule has 2 aromatic carbocycles. The number of anilines is 3. The molecule has 5 amide bonds. The second-order valence-electron chi connectivity index (χ2n) is 16.8. The molecule has 3 saturated heterocycles. The quantitative estimate of drug-likeness (QED) is 0.130. The number of rotatable bonds is 11. The van der Waals surface area contributed by atoms with Crippen LogP contribution in [0.15, 0.2) is 48.5 Å². The number of halogens is 3. The monoisotopic (exact) mass is 860 g/mol. The normalized spacial score (nSPS) is 19.7. The summed E-state index contributed by atoms with van der Waals surface area (Å²) in [6.45, 7) is 8.46. The second kappa shape index (κ2) is 16.8. The van der Waals surface area contributed by atoms with E-state index in [1.807, 2.05) is 0 Å². The highest BCUT2D eigenvalue weighted by molar-refractivity contribution is 7.22. The van der Waals surface area contributed by atoms with Crippen molar-refractivity contribution in [3.05, 3.63) is 76.6 Å². The van der Waals surface area contributed by atoms with Gasteiger partial charge in [-0.05, 0) is 114 Å². The maximum atomic E-state index is 13.4. The summed E-state index contributed by atoms with van der Waals surface area (Å²) >= 11 is 1.46. The maximum Gasteiger partial charge on any atom is 0.433 e. The Bertz CT molecular complexity index is 2380. The van der Waals surface area contributed by atoms with Gasteiger partial charge in [-0.3, -0.25) is 34.2 Å². The zero-order valence-corrected chi connectivity index (χ0v) is 34.6. The number of aliphatic hydroxyl groups is 1. The molecular formula is C43H47F3N8O6S. The molecule has 322 valence electrons. The van der Waals surface area contributed by atoms with E-state index >= 15 is 0 Å². The lowest BCUT2D eigenvalue weighted by Gasteiger charge is -2.37. The van der Waals surface area contributed by atoms with Crippen molar-refractivity contribution in [2.24, 2.45) is 11.8 Å². The van der Waals surface area contributed by atoms with Gasteiger partial charge in [0, 0.05) is 49.5 Å². The van der Waals surface area contributed by atoms with Crippen LogP contribution in [0.4, 0.5) is 29.7 Å². The van der Waals surface area contributed by atoms with Crippen molar-refractivity contribution >= 4 is 67.6 Å². The third kappa shape index (κ3) is 8.97. The highest BCUT2D eigenvalue weighted by Gasteiger charge is 2.45. The average molecular weight is 861 g/mol. The summed E-state index contributed by atoms with van der Waals surface area (Å²) in [7, 11) is 0. The van der Waals surface area contributed by atoms with Gasteiger partial charge in [0.1, 0.15) is 17.4 Å². The Kier molecular flexibility index (Phi) is 11.6. The number of nitrogens with one attached hydrogen (secondary N) is 3. The first-order chi connectivity index (χ1) is 29.0. The van der Waals surface area contributed by atoms with E-state index in [2.05, 4.69) is 30.7 Å². The van der Waals surface area contributed by atoms with E-state index in [4.69, 9.17) is 4.98 Å². The Balaban J connectivity index is 0.811. The lowest BCUT2D eigenvalue weighted by molar-refractivity contribution is -0.141. The fourth-order valence-electron chi connectivity index (χ4n) is 8.81. The average Bonchev–Trinajstić information content (AvgIpc) is 3.75. The van der Waals surface area contributed by atoms with Gasteiger partial charge in [0.25, 0.3) is 17.7 Å². The van der Waals surface area contributed by atoms with E-state index < -0.39 is 58.7 Å². The van der Waals surface area contributed by atoms with Crippen LogP contribution in [0.3, 0.4) is 0 Å². The minimum Gasteiger partial charge on any atom is -0.386 e. The highest BCUT2D eigenvalue weighted by Crippen LogP contribution is 2.39. The van der Waals surface area contributed by atoms with Crippen LogP contribution in [0.25, 0.3) is 10.2 Å². The first-order valence-corrected chi connectivity index (χ1v) is 21.4. The first kappa shape index (κ1) is 42.2. The number of hydrogen-bond acceptors (Lipinski definition) is 12. The number of pyridine rings is 1. The van der Waals surface area contributed by atoms with Gasteiger partial charge in [0.15, 0.2) is 5.13 Å². The zero-order valence-electron chi connectivity index (χ0n) is 33.8. The molecule has 4 aliphatic rings. The molecule has 18 heteroatoms. The molecule has 0 bridgehead atoms. The molecule has 4 N–H and O–H groups in total. The summed E-state index contributed by atoms with van der Waals surface area (Å²) < 4.78 is 40.5. The molecule has 6 heterocycles. The van der Waals surface area contributed by atoms with Crippen LogP contribution in [0.2, 0.25) is 0 Å². The molecule has 61 heavy (non-hydrogen) atoms. The Labute approximate surface area is 353 Å². The molecule has 0 radical (unpaired) electrons. The Hall–Kier alpha value is -5.46. The number of benzene rings is 2. The minimum atomic E-state index is -4.70. The van der Waals surface area contributed by atoms with Crippen molar-refractivity contribution in [3.8, 4) is 0 Å². The number of nitrogens with zero attached hydrogens (tertiary/aromatic N) is 5. The van der Waals surface area contributed by atoms with E-state index in [9.17, 15) is 42.3 Å². The predicted molar refractivity (Wildman–Crippen MR) is 222 cm³/mol. The van der Waals surface area contributed by atoms with Gasteiger partial charge in [0.2, 0.25) is 11.8 Å². The Morgan fingerprint density at radius 2 is 1.62 bits per heavy atom. The van der Waals surface area contributed by atoms with Gasteiger partial charge < -0.3 is 25.5 Å². The van der Waals surface area contributed by atoms with E-state index in [0.717, 1.165) is 91.7 Å². The molecular weight excluding hydrogens is 814 g/mol. The lowest BCUT2D eigenvalue weighted by Crippen LogP contribution is -2.54. The molecule has 8 rings (SSSR count). The second-order valence-corrected chi connectivity index (χ2v) is 17.9. The Morgan fingerprint density at radius 1 is 0.902 bits per heavy atom. The molecule has 0 aliphatic carbocycles. The molecule has 0 saturated carbocycles. The standard InChI is InChI=1S/C43H47F3N8O6S/c1-42(2,60)27-21-31-33(22-30(27)49-37(56)29-7-4-8-34(48-29)43(44,45)46)61-41(50-31)53-19-14-25(15-20-53)23-52-17-12-24(13-18-52)11-16-47-28-6-3-5-26-36(28)40(59)54(39(26)58)32-9-10-35(55)51-38(32)57/h3-8,21-22,24-25,32,47,60H,9-20,23H2,1-2H3,(H,49,56)(H,51,55,57). The fraction of sp³-hybridized carbons (Fsp3) is 0.465. The first-order valence-electron chi connectivity index (χ1n) is 20.6. The summed E-state index contributed by atoms with van der Waals surface area (Å²) in [6.07, 6.45) is 0.521. The van der Waals surface area contributed by atoms with Crippen LogP contribution < -0.4 is 20.9 Å². The van der Waals surface area contributed by atoms with Crippen LogP contribution >= 0.6 is 11.3 Å². The smallest absolute Gasteiger partial charge is 0.386 e. The van der Waals surface area contributed by atoms with E-state index in [1.54, 1.807) is 44.2 Å². The Morgan fingerprint density at radius 3 is 2.33 bits per heavy atom. The number of carbonyl (C=O) groups excluding carboxylic acids is 5. The van der Waals surface area contributed by atoms with Crippen LogP contribution in [0.1, 0.15) is 101 Å². The van der Waals surface area contributed by atoms with E-state index in [-0.39, 0.29) is 29.7 Å². The van der Waals surface area contributed by atoms with Gasteiger partial charge >= 0.3 is 6.18 Å².